The van der Waals surface area contributed by atoms with Crippen LogP contribution in [0.25, 0.3) is 21.8 Å². The van der Waals surface area contributed by atoms with Crippen LogP contribution in [0.2, 0.25) is 0 Å². The minimum atomic E-state index is -0.834. The van der Waals surface area contributed by atoms with Crippen LogP contribution in [-0.4, -0.2) is 53.2 Å². The molecule has 0 spiro atoms. The number of nitrogens with one attached hydrogen (secondary N) is 4. The molecule has 0 aliphatic carbocycles. The number of allylic oxidation sites excluding steroid dienone is 1. The Balaban J connectivity index is 1.68. The lowest BCUT2D eigenvalue weighted by Gasteiger charge is -2.24. The standard InChI is InChI=1S/C30H38N6O3/c1-18-7-4-5-8-21-10-12-25-23(15-21)24-16-22(11-13-26(24)35-25)17-28(34-20(3)37)30(39)36-27(29(38)33-18)9-6-14-32-19(2)31/h4-5,10-13,15-16,18,27-28,35H,6-9,14,17H2,1-3H3,(H2,31,32)(H,33,38)(H,34,37)(H,36,39)/b5-4+/t18-,27-,28?/m1/s1. The largest absolute Gasteiger partial charge is 0.388 e. The summed E-state index contributed by atoms with van der Waals surface area (Å²) in [6.07, 6.45) is 6.90. The molecule has 39 heavy (non-hydrogen) atoms. The van der Waals surface area contributed by atoms with Gasteiger partial charge in [-0.05, 0) is 74.9 Å². The number of nitrogens with zero attached hydrogens (tertiary/aromatic N) is 1. The molecule has 1 unspecified atom stereocenters. The van der Waals surface area contributed by atoms with Crippen molar-refractivity contribution >= 4 is 45.4 Å². The molecule has 1 aromatic heterocycles. The summed E-state index contributed by atoms with van der Waals surface area (Å²) in [5, 5.41) is 10.9. The number of benzene rings is 2. The van der Waals surface area contributed by atoms with E-state index in [1.54, 1.807) is 6.92 Å². The van der Waals surface area contributed by atoms with Crippen LogP contribution in [-0.2, 0) is 27.2 Å². The van der Waals surface area contributed by atoms with Gasteiger partial charge in [0.15, 0.2) is 0 Å². The third kappa shape index (κ3) is 7.46. The summed E-state index contributed by atoms with van der Waals surface area (Å²) in [5.74, 6) is -0.505. The molecule has 6 N–H and O–H groups in total. The Hall–Kier alpha value is -4.14. The van der Waals surface area contributed by atoms with E-state index in [0.29, 0.717) is 31.6 Å². The summed E-state index contributed by atoms with van der Waals surface area (Å²) < 4.78 is 0. The van der Waals surface area contributed by atoms with Gasteiger partial charge in [0.1, 0.15) is 12.1 Å². The molecule has 3 atom stereocenters. The first kappa shape index (κ1) is 27.9. The number of aromatic amines is 1. The van der Waals surface area contributed by atoms with E-state index in [-0.39, 0.29) is 24.3 Å². The van der Waals surface area contributed by atoms with Crippen LogP contribution in [0.1, 0.15) is 51.2 Å². The lowest BCUT2D eigenvalue weighted by Crippen LogP contribution is -2.55. The Morgan fingerprint density at radius 1 is 1.00 bits per heavy atom. The molecule has 2 aromatic carbocycles. The van der Waals surface area contributed by atoms with Gasteiger partial charge in [0.05, 0.1) is 5.84 Å². The Kier molecular flexibility index (Phi) is 9.01. The minimum Gasteiger partial charge on any atom is -0.388 e. The summed E-state index contributed by atoms with van der Waals surface area (Å²) in [7, 11) is 0. The quantitative estimate of drug-likeness (QED) is 0.150. The van der Waals surface area contributed by atoms with Gasteiger partial charge in [0.2, 0.25) is 17.7 Å². The second-order valence-corrected chi connectivity index (χ2v) is 10.4. The highest BCUT2D eigenvalue weighted by atomic mass is 16.2. The van der Waals surface area contributed by atoms with Crippen molar-refractivity contribution < 1.29 is 14.4 Å². The number of fused-ring (bicyclic) bond motifs is 2. The first-order chi connectivity index (χ1) is 18.7. The van der Waals surface area contributed by atoms with Gasteiger partial charge in [-0.25, -0.2) is 0 Å². The van der Waals surface area contributed by atoms with Gasteiger partial charge in [-0.1, -0.05) is 24.3 Å². The third-order valence-corrected chi connectivity index (χ3v) is 6.90. The van der Waals surface area contributed by atoms with Crippen molar-refractivity contribution in [2.75, 3.05) is 6.54 Å². The number of rotatable bonds is 5. The number of carbonyl (C=O) groups excluding carboxylic acids is 3. The van der Waals surface area contributed by atoms with Crippen molar-refractivity contribution in [3.8, 4) is 0 Å². The van der Waals surface area contributed by atoms with Crippen molar-refractivity contribution in [2.45, 2.75) is 71.0 Å². The van der Waals surface area contributed by atoms with Crippen molar-refractivity contribution in [3.05, 3.63) is 59.7 Å². The molecule has 4 rings (SSSR count). The molecular weight excluding hydrogens is 492 g/mol. The summed E-state index contributed by atoms with van der Waals surface area (Å²) in [5.41, 5.74) is 9.80. The minimum absolute atomic E-state index is 0.117. The van der Waals surface area contributed by atoms with Gasteiger partial charge < -0.3 is 26.7 Å². The van der Waals surface area contributed by atoms with Crippen LogP contribution in [0.5, 0.6) is 0 Å². The Morgan fingerprint density at radius 3 is 2.38 bits per heavy atom. The smallest absolute Gasteiger partial charge is 0.243 e. The van der Waals surface area contributed by atoms with E-state index in [9.17, 15) is 14.4 Å². The van der Waals surface area contributed by atoms with E-state index >= 15 is 0 Å². The first-order valence-electron chi connectivity index (χ1n) is 13.5. The van der Waals surface area contributed by atoms with E-state index in [2.05, 4.69) is 62.3 Å². The van der Waals surface area contributed by atoms with Crippen molar-refractivity contribution in [3.63, 3.8) is 0 Å². The molecule has 3 amide bonds. The number of nitrogens with two attached hydrogens (primary N) is 1. The van der Waals surface area contributed by atoms with E-state index in [1.165, 1.54) is 12.5 Å². The summed E-state index contributed by atoms with van der Waals surface area (Å²) >= 11 is 0. The number of amides is 3. The number of hydrogen-bond acceptors (Lipinski definition) is 4. The molecule has 4 bridgehead atoms. The summed E-state index contributed by atoms with van der Waals surface area (Å²) in [6, 6.07) is 10.7. The van der Waals surface area contributed by atoms with E-state index in [0.717, 1.165) is 33.8 Å². The third-order valence-electron chi connectivity index (χ3n) is 6.90. The average molecular weight is 531 g/mol. The maximum atomic E-state index is 13.5. The summed E-state index contributed by atoms with van der Waals surface area (Å²) in [6.45, 7) is 5.50. The maximum Gasteiger partial charge on any atom is 0.243 e. The highest BCUT2D eigenvalue weighted by molar-refractivity contribution is 6.07. The molecule has 1 aliphatic heterocycles. The lowest BCUT2D eigenvalue weighted by molar-refractivity contribution is -0.132. The first-order valence-corrected chi connectivity index (χ1v) is 13.5. The van der Waals surface area contributed by atoms with Crippen molar-refractivity contribution in [2.24, 2.45) is 10.7 Å². The van der Waals surface area contributed by atoms with Crippen LogP contribution in [0.15, 0.2) is 53.5 Å². The van der Waals surface area contributed by atoms with Gasteiger partial charge in [-0.3, -0.25) is 19.4 Å². The zero-order chi connectivity index (χ0) is 27.9. The fraction of sp³-hybridized carbons (Fsp3) is 0.400. The molecule has 0 fully saturated rings. The number of aromatic nitrogens is 1. The monoisotopic (exact) mass is 530 g/mol. The van der Waals surface area contributed by atoms with Gasteiger partial charge in [-0.2, -0.15) is 0 Å². The maximum absolute atomic E-state index is 13.5. The Morgan fingerprint density at radius 2 is 1.69 bits per heavy atom. The molecule has 3 aromatic rings. The molecule has 0 saturated heterocycles. The van der Waals surface area contributed by atoms with Crippen LogP contribution >= 0.6 is 0 Å². The normalized spacial score (nSPS) is 22.0. The molecule has 0 saturated carbocycles. The van der Waals surface area contributed by atoms with E-state index in [4.69, 9.17) is 5.73 Å². The number of carbonyl (C=O) groups is 3. The molecule has 2 heterocycles. The predicted molar refractivity (Wildman–Crippen MR) is 156 cm³/mol. The Bertz CT molecular complexity index is 1420. The molecular formula is C30H38N6O3. The van der Waals surface area contributed by atoms with Crippen molar-refractivity contribution in [1.82, 2.24) is 20.9 Å². The highest BCUT2D eigenvalue weighted by Gasteiger charge is 2.27. The second-order valence-electron chi connectivity index (χ2n) is 10.4. The molecule has 9 nitrogen and oxygen atoms in total. The summed E-state index contributed by atoms with van der Waals surface area (Å²) in [4.78, 5) is 46.4. The number of H-pyrrole nitrogens is 1. The van der Waals surface area contributed by atoms with E-state index < -0.39 is 18.0 Å². The number of hydrogen-bond donors (Lipinski definition) is 5. The second kappa shape index (κ2) is 12.6. The van der Waals surface area contributed by atoms with Crippen molar-refractivity contribution in [1.29, 1.82) is 0 Å². The van der Waals surface area contributed by atoms with Crippen LogP contribution in [0.3, 0.4) is 0 Å². The fourth-order valence-electron chi connectivity index (χ4n) is 4.95. The topological polar surface area (TPSA) is 141 Å². The number of amidine groups is 1. The SMILES string of the molecule is CC(=O)NC1Cc2ccc3[nH]c4ccc(cc4c3c2)C/C=C/C[C@@H](C)NC(=O)[C@@H](CCCN=C(C)N)NC1=O. The number of aliphatic imine (C=N–C) groups is 1. The van der Waals surface area contributed by atoms with Crippen LogP contribution in [0.4, 0.5) is 0 Å². The predicted octanol–water partition coefficient (Wildman–Crippen LogP) is 3.02. The highest BCUT2D eigenvalue weighted by Crippen LogP contribution is 2.28. The zero-order valence-electron chi connectivity index (χ0n) is 22.8. The van der Waals surface area contributed by atoms with Crippen LogP contribution < -0.4 is 21.7 Å². The Labute approximate surface area is 228 Å². The molecule has 9 heteroatoms. The molecule has 0 radical (unpaired) electrons. The van der Waals surface area contributed by atoms with Gasteiger partial charge in [0.25, 0.3) is 0 Å². The fourth-order valence-corrected chi connectivity index (χ4v) is 4.95. The van der Waals surface area contributed by atoms with Crippen LogP contribution in [0, 0.1) is 0 Å². The van der Waals surface area contributed by atoms with E-state index in [1.807, 2.05) is 19.1 Å². The van der Waals surface area contributed by atoms with Gasteiger partial charge in [0, 0.05) is 47.7 Å². The molecule has 1 aliphatic rings. The molecule has 206 valence electrons. The zero-order valence-corrected chi connectivity index (χ0v) is 22.8. The average Bonchev–Trinajstić information content (AvgIpc) is 3.24. The lowest BCUT2D eigenvalue weighted by atomic mass is 10.0. The van der Waals surface area contributed by atoms with Gasteiger partial charge in [-0.15, -0.1) is 0 Å². The van der Waals surface area contributed by atoms with Gasteiger partial charge >= 0.3 is 0 Å².